The van der Waals surface area contributed by atoms with Crippen molar-refractivity contribution in [3.63, 3.8) is 0 Å². The molecular weight excluding hydrogens is 196 g/mol. The van der Waals surface area contributed by atoms with E-state index in [0.717, 1.165) is 11.3 Å². The molecule has 1 aromatic rings. The molecule has 0 atom stereocenters. The molecule has 0 saturated carbocycles. The molecule has 0 bridgehead atoms. The molecule has 5 heteroatoms. The molecule has 1 aliphatic heterocycles. The van der Waals surface area contributed by atoms with Crippen LogP contribution in [0.1, 0.15) is 23.9 Å². The van der Waals surface area contributed by atoms with Crippen molar-refractivity contribution in [2.24, 2.45) is 0 Å². The van der Waals surface area contributed by atoms with Gasteiger partial charge in [0.1, 0.15) is 5.78 Å². The summed E-state index contributed by atoms with van der Waals surface area (Å²) >= 11 is 0. The normalized spacial score (nSPS) is 14.7. The number of carbonyl (C=O) groups excluding carboxylic acids is 1. The van der Waals surface area contributed by atoms with Crippen molar-refractivity contribution < 1.29 is 9.53 Å². The number of rotatable bonds is 2. The largest absolute Gasteiger partial charge is 0.376 e. The quantitative estimate of drug-likeness (QED) is 0.741. The van der Waals surface area contributed by atoms with E-state index in [4.69, 9.17) is 4.74 Å². The van der Waals surface area contributed by atoms with Crippen molar-refractivity contribution in [3.8, 4) is 0 Å². The number of fused-ring (bicyclic) bond motifs is 1. The first-order chi connectivity index (χ1) is 7.16. The number of hydrogen-bond donors (Lipinski definition) is 1. The van der Waals surface area contributed by atoms with Crippen LogP contribution in [0.2, 0.25) is 0 Å². The van der Waals surface area contributed by atoms with E-state index in [2.05, 4.69) is 9.97 Å². The minimum Gasteiger partial charge on any atom is -0.376 e. The lowest BCUT2D eigenvalue weighted by atomic mass is 10.0. The third-order valence-corrected chi connectivity index (χ3v) is 2.37. The van der Waals surface area contributed by atoms with Gasteiger partial charge in [0.15, 0.2) is 0 Å². The van der Waals surface area contributed by atoms with E-state index >= 15 is 0 Å². The molecule has 0 aromatic carbocycles. The minimum absolute atomic E-state index is 0.000809. The van der Waals surface area contributed by atoms with Crippen LogP contribution in [0.15, 0.2) is 4.79 Å². The van der Waals surface area contributed by atoms with E-state index in [0.29, 0.717) is 25.3 Å². The SMILES string of the molecule is CC(=O)Cc1nc(=O)[nH]c2c1COCC2. The van der Waals surface area contributed by atoms with Gasteiger partial charge in [0, 0.05) is 24.1 Å². The molecule has 0 aliphatic carbocycles. The topological polar surface area (TPSA) is 72.0 Å². The van der Waals surface area contributed by atoms with E-state index in [1.165, 1.54) is 6.92 Å². The molecule has 80 valence electrons. The lowest BCUT2D eigenvalue weighted by molar-refractivity contribution is -0.116. The zero-order chi connectivity index (χ0) is 10.8. The summed E-state index contributed by atoms with van der Waals surface area (Å²) in [5.74, 6) is 0.000809. The van der Waals surface area contributed by atoms with Gasteiger partial charge < -0.3 is 9.72 Å². The van der Waals surface area contributed by atoms with Gasteiger partial charge in [-0.3, -0.25) is 4.79 Å². The number of aromatic amines is 1. The second kappa shape index (κ2) is 3.94. The van der Waals surface area contributed by atoms with Crippen molar-refractivity contribution in [3.05, 3.63) is 27.4 Å². The highest BCUT2D eigenvalue weighted by atomic mass is 16.5. The Balaban J connectivity index is 2.47. The molecule has 0 saturated heterocycles. The lowest BCUT2D eigenvalue weighted by Gasteiger charge is -2.17. The summed E-state index contributed by atoms with van der Waals surface area (Å²) < 4.78 is 5.28. The molecule has 5 nitrogen and oxygen atoms in total. The molecule has 1 aliphatic rings. The fourth-order valence-corrected chi connectivity index (χ4v) is 1.71. The molecule has 0 unspecified atom stereocenters. The standard InChI is InChI=1S/C10H12N2O3/c1-6(13)4-9-7-5-15-3-2-8(7)11-10(14)12-9/h2-5H2,1H3,(H,11,12,14). The first-order valence-electron chi connectivity index (χ1n) is 4.85. The van der Waals surface area contributed by atoms with Gasteiger partial charge in [-0.2, -0.15) is 4.98 Å². The molecule has 0 radical (unpaired) electrons. The predicted octanol–water partition coefficient (Wildman–Crippen LogP) is -0.0259. The van der Waals surface area contributed by atoms with Crippen LogP contribution >= 0.6 is 0 Å². The van der Waals surface area contributed by atoms with Gasteiger partial charge in [0.2, 0.25) is 0 Å². The second-order valence-electron chi connectivity index (χ2n) is 3.63. The molecule has 0 amide bonds. The fraction of sp³-hybridized carbons (Fsp3) is 0.500. The van der Waals surface area contributed by atoms with Crippen molar-refractivity contribution in [1.82, 2.24) is 9.97 Å². The minimum atomic E-state index is -0.382. The maximum absolute atomic E-state index is 11.2. The van der Waals surface area contributed by atoms with Crippen LogP contribution in [-0.4, -0.2) is 22.4 Å². The second-order valence-corrected chi connectivity index (χ2v) is 3.63. The molecule has 2 rings (SSSR count). The van der Waals surface area contributed by atoms with Gasteiger partial charge in [-0.15, -0.1) is 0 Å². The Morgan fingerprint density at radius 3 is 3.13 bits per heavy atom. The zero-order valence-corrected chi connectivity index (χ0v) is 8.50. The summed E-state index contributed by atoms with van der Waals surface area (Å²) in [7, 11) is 0. The Morgan fingerprint density at radius 2 is 2.40 bits per heavy atom. The Morgan fingerprint density at radius 1 is 1.60 bits per heavy atom. The third-order valence-electron chi connectivity index (χ3n) is 2.37. The average molecular weight is 208 g/mol. The van der Waals surface area contributed by atoms with E-state index in [1.807, 2.05) is 0 Å². The summed E-state index contributed by atoms with van der Waals surface area (Å²) in [4.78, 5) is 28.7. The molecule has 1 aromatic heterocycles. The van der Waals surface area contributed by atoms with Crippen LogP contribution in [0.25, 0.3) is 0 Å². The Bertz CT molecular complexity index is 450. The Hall–Kier alpha value is -1.49. The van der Waals surface area contributed by atoms with Crippen molar-refractivity contribution in [1.29, 1.82) is 0 Å². The molecule has 2 heterocycles. The lowest BCUT2D eigenvalue weighted by Crippen LogP contribution is -2.24. The van der Waals surface area contributed by atoms with Crippen LogP contribution in [0.3, 0.4) is 0 Å². The molecule has 1 N–H and O–H groups in total. The highest BCUT2D eigenvalue weighted by Crippen LogP contribution is 2.16. The van der Waals surface area contributed by atoms with Gasteiger partial charge in [-0.1, -0.05) is 0 Å². The number of nitrogens with zero attached hydrogens (tertiary/aromatic N) is 1. The maximum Gasteiger partial charge on any atom is 0.345 e. The number of Topliss-reactive ketones (excluding diaryl/α,β-unsaturated/α-hetero) is 1. The van der Waals surface area contributed by atoms with Gasteiger partial charge in [0.05, 0.1) is 18.9 Å². The molecule has 0 spiro atoms. The number of aromatic nitrogens is 2. The Kier molecular flexibility index (Phi) is 2.64. The predicted molar refractivity (Wildman–Crippen MR) is 52.6 cm³/mol. The van der Waals surface area contributed by atoms with Crippen LogP contribution < -0.4 is 5.69 Å². The van der Waals surface area contributed by atoms with Gasteiger partial charge in [-0.25, -0.2) is 4.79 Å². The van der Waals surface area contributed by atoms with Crippen LogP contribution in [-0.2, 0) is 29.0 Å². The Labute approximate surface area is 86.5 Å². The molecular formula is C10H12N2O3. The smallest absolute Gasteiger partial charge is 0.345 e. The van der Waals surface area contributed by atoms with Crippen LogP contribution in [0.5, 0.6) is 0 Å². The van der Waals surface area contributed by atoms with E-state index in [-0.39, 0.29) is 17.9 Å². The van der Waals surface area contributed by atoms with E-state index < -0.39 is 0 Å². The fourth-order valence-electron chi connectivity index (χ4n) is 1.71. The van der Waals surface area contributed by atoms with Gasteiger partial charge in [-0.05, 0) is 6.92 Å². The average Bonchev–Trinajstić information content (AvgIpc) is 2.16. The summed E-state index contributed by atoms with van der Waals surface area (Å²) in [6, 6.07) is 0. The van der Waals surface area contributed by atoms with Crippen molar-refractivity contribution in [2.45, 2.75) is 26.4 Å². The number of carbonyl (C=O) groups is 1. The van der Waals surface area contributed by atoms with Crippen LogP contribution in [0, 0.1) is 0 Å². The summed E-state index contributed by atoms with van der Waals surface area (Å²) in [5, 5.41) is 0. The number of ether oxygens (including phenoxy) is 1. The maximum atomic E-state index is 11.2. The van der Waals surface area contributed by atoms with E-state index in [9.17, 15) is 9.59 Å². The number of H-pyrrole nitrogens is 1. The summed E-state index contributed by atoms with van der Waals surface area (Å²) in [5.41, 5.74) is 1.90. The van der Waals surface area contributed by atoms with Crippen molar-refractivity contribution in [2.75, 3.05) is 6.61 Å². The van der Waals surface area contributed by atoms with Crippen molar-refractivity contribution >= 4 is 5.78 Å². The molecule has 15 heavy (non-hydrogen) atoms. The third kappa shape index (κ3) is 2.12. The highest BCUT2D eigenvalue weighted by Gasteiger charge is 2.17. The van der Waals surface area contributed by atoms with E-state index in [1.54, 1.807) is 0 Å². The number of hydrogen-bond acceptors (Lipinski definition) is 4. The first-order valence-corrected chi connectivity index (χ1v) is 4.85. The first kappa shape index (κ1) is 10.0. The molecule has 0 fully saturated rings. The van der Waals surface area contributed by atoms with Gasteiger partial charge >= 0.3 is 5.69 Å². The van der Waals surface area contributed by atoms with Crippen LogP contribution in [0.4, 0.5) is 0 Å². The summed E-state index contributed by atoms with van der Waals surface area (Å²) in [6.45, 7) is 2.52. The number of ketones is 1. The summed E-state index contributed by atoms with van der Waals surface area (Å²) in [6.07, 6.45) is 0.883. The van der Waals surface area contributed by atoms with Gasteiger partial charge in [0.25, 0.3) is 0 Å². The zero-order valence-electron chi connectivity index (χ0n) is 8.50. The number of nitrogens with one attached hydrogen (secondary N) is 1. The highest BCUT2D eigenvalue weighted by molar-refractivity contribution is 5.78. The monoisotopic (exact) mass is 208 g/mol.